The average Bonchev–Trinajstić information content (AvgIpc) is 3.71. The summed E-state index contributed by atoms with van der Waals surface area (Å²) in [4.78, 5) is 2.38. The predicted octanol–water partition coefficient (Wildman–Crippen LogP) is 16.7. The van der Waals surface area contributed by atoms with Crippen LogP contribution in [0.1, 0.15) is 0 Å². The number of hydrogen-bond donors (Lipinski definition) is 0. The van der Waals surface area contributed by atoms with E-state index in [1.54, 1.807) is 0 Å². The molecule has 10 aromatic carbocycles. The Bertz CT molecular complexity index is 3580. The van der Waals surface area contributed by atoms with Crippen LogP contribution in [-0.4, -0.2) is 4.40 Å². The minimum atomic E-state index is 1.11. The van der Waals surface area contributed by atoms with E-state index in [2.05, 4.69) is 252 Å². The molecule has 0 fully saturated rings. The SMILES string of the molecule is c1ccc(-c2ccc(N(c3ccc(-c4ccc(-c5cccc6c(-c7ccccc7)c7c8ccccc8c8ccccc8n7c56)cc4)cc3)c3cccc4ccccc34)cc2)cc1. The largest absolute Gasteiger partial charge is 0.310 e. The molecule has 0 saturated carbocycles. The van der Waals surface area contributed by atoms with Gasteiger partial charge in [0.05, 0.1) is 22.2 Å². The highest BCUT2D eigenvalue weighted by Crippen LogP contribution is 2.46. The van der Waals surface area contributed by atoms with Gasteiger partial charge in [-0.2, -0.15) is 0 Å². The second kappa shape index (κ2) is 14.8. The van der Waals surface area contributed by atoms with Gasteiger partial charge in [-0.25, -0.2) is 0 Å². The van der Waals surface area contributed by atoms with E-state index in [9.17, 15) is 0 Å². The van der Waals surface area contributed by atoms with Gasteiger partial charge in [0.15, 0.2) is 0 Å². The van der Waals surface area contributed by atoms with Crippen LogP contribution in [-0.2, 0) is 0 Å². The highest BCUT2D eigenvalue weighted by atomic mass is 15.1. The molecule has 2 aromatic heterocycles. The number of pyridine rings is 1. The molecule has 2 heterocycles. The van der Waals surface area contributed by atoms with Crippen molar-refractivity contribution in [3.8, 4) is 44.5 Å². The van der Waals surface area contributed by atoms with E-state index < -0.39 is 0 Å². The summed E-state index contributed by atoms with van der Waals surface area (Å²) in [6.45, 7) is 0. The van der Waals surface area contributed by atoms with E-state index in [-0.39, 0.29) is 0 Å². The number of hydrogen-bond acceptors (Lipinski definition) is 1. The molecule has 290 valence electrons. The zero-order valence-corrected chi connectivity index (χ0v) is 34.0. The zero-order valence-electron chi connectivity index (χ0n) is 34.0. The van der Waals surface area contributed by atoms with Crippen LogP contribution >= 0.6 is 0 Å². The molecule has 0 bridgehead atoms. The molecule has 0 N–H and O–H groups in total. The number of anilines is 3. The molecule has 2 nitrogen and oxygen atoms in total. The quantitative estimate of drug-likeness (QED) is 0.146. The second-order valence-corrected chi connectivity index (χ2v) is 16.1. The van der Waals surface area contributed by atoms with Gasteiger partial charge in [0.1, 0.15) is 0 Å². The van der Waals surface area contributed by atoms with Crippen LogP contribution in [0.5, 0.6) is 0 Å². The minimum absolute atomic E-state index is 1.11. The lowest BCUT2D eigenvalue weighted by atomic mass is 9.96. The molecule has 0 saturated heterocycles. The Morgan fingerprint density at radius 3 is 1.42 bits per heavy atom. The maximum absolute atomic E-state index is 2.52. The summed E-state index contributed by atoms with van der Waals surface area (Å²) in [5.74, 6) is 0. The molecule has 0 aliphatic heterocycles. The smallest absolute Gasteiger partial charge is 0.0626 e. The summed E-state index contributed by atoms with van der Waals surface area (Å²) in [6, 6.07) is 88.3. The van der Waals surface area contributed by atoms with Gasteiger partial charge in [-0.05, 0) is 80.6 Å². The molecule has 12 aromatic rings. The Morgan fingerprint density at radius 2 is 0.742 bits per heavy atom. The number of aromatic nitrogens is 1. The number of rotatable bonds is 7. The summed E-state index contributed by atoms with van der Waals surface area (Å²) >= 11 is 0. The van der Waals surface area contributed by atoms with Crippen LogP contribution in [0.15, 0.2) is 243 Å². The summed E-state index contributed by atoms with van der Waals surface area (Å²) in [5, 5.41) is 7.46. The van der Waals surface area contributed by atoms with Gasteiger partial charge in [0, 0.05) is 44.0 Å². The minimum Gasteiger partial charge on any atom is -0.310 e. The van der Waals surface area contributed by atoms with Crippen molar-refractivity contribution in [3.05, 3.63) is 243 Å². The van der Waals surface area contributed by atoms with E-state index in [0.29, 0.717) is 0 Å². The van der Waals surface area contributed by atoms with Crippen molar-refractivity contribution < 1.29 is 0 Å². The summed E-state index contributed by atoms with van der Waals surface area (Å²) < 4.78 is 2.52. The second-order valence-electron chi connectivity index (χ2n) is 16.1. The van der Waals surface area contributed by atoms with Crippen LogP contribution in [0.3, 0.4) is 0 Å². The molecule has 0 radical (unpaired) electrons. The fraction of sp³-hybridized carbons (Fsp3) is 0. The van der Waals surface area contributed by atoms with Crippen molar-refractivity contribution in [2.24, 2.45) is 0 Å². The third-order valence-corrected chi connectivity index (χ3v) is 12.6. The third kappa shape index (κ3) is 5.88. The molecular formula is C60H40N2. The molecule has 62 heavy (non-hydrogen) atoms. The van der Waals surface area contributed by atoms with Crippen LogP contribution in [0.4, 0.5) is 17.1 Å². The van der Waals surface area contributed by atoms with E-state index in [4.69, 9.17) is 0 Å². The molecule has 2 heteroatoms. The lowest BCUT2D eigenvalue weighted by Gasteiger charge is -2.27. The summed E-state index contributed by atoms with van der Waals surface area (Å²) in [6.07, 6.45) is 0. The first kappa shape index (κ1) is 35.7. The molecular weight excluding hydrogens is 749 g/mol. The Balaban J connectivity index is 0.961. The topological polar surface area (TPSA) is 7.65 Å². The molecule has 0 unspecified atom stereocenters. The molecule has 0 aliphatic carbocycles. The predicted molar refractivity (Wildman–Crippen MR) is 264 cm³/mol. The first-order valence-corrected chi connectivity index (χ1v) is 21.3. The Labute approximate surface area is 360 Å². The first-order valence-electron chi connectivity index (χ1n) is 21.3. The van der Waals surface area contributed by atoms with Crippen LogP contribution in [0.25, 0.3) is 93.4 Å². The maximum Gasteiger partial charge on any atom is 0.0626 e. The average molecular weight is 789 g/mol. The summed E-state index contributed by atoms with van der Waals surface area (Å²) in [5.41, 5.74) is 16.7. The van der Waals surface area contributed by atoms with E-state index in [1.807, 2.05) is 0 Å². The Hall–Kier alpha value is -8.20. The lowest BCUT2D eigenvalue weighted by molar-refractivity contribution is 1.30. The van der Waals surface area contributed by atoms with Gasteiger partial charge in [-0.15, -0.1) is 0 Å². The van der Waals surface area contributed by atoms with Gasteiger partial charge in [0.25, 0.3) is 0 Å². The van der Waals surface area contributed by atoms with Gasteiger partial charge in [0.2, 0.25) is 0 Å². The standard InChI is InChI=1S/C60H40N2/c1-3-15-41(16-4-1)43-33-37-48(38-34-43)61(56-28-13-20-45-17-7-8-21-50(45)56)49-39-35-44(36-40-49)42-29-31-46(32-30-42)51-25-14-26-55-58(47-18-5-2-6-19-47)60-54-24-10-9-22-52(54)53-23-11-12-27-57(53)62(60)59(51)55/h1-40H. The van der Waals surface area contributed by atoms with Crippen LogP contribution in [0.2, 0.25) is 0 Å². The highest BCUT2D eigenvalue weighted by molar-refractivity contribution is 6.23. The van der Waals surface area contributed by atoms with Crippen molar-refractivity contribution in [1.82, 2.24) is 4.40 Å². The van der Waals surface area contributed by atoms with Crippen molar-refractivity contribution in [2.45, 2.75) is 0 Å². The number of para-hydroxylation sites is 2. The summed E-state index contributed by atoms with van der Waals surface area (Å²) in [7, 11) is 0. The Morgan fingerprint density at radius 1 is 0.274 bits per heavy atom. The highest BCUT2D eigenvalue weighted by Gasteiger charge is 2.22. The molecule has 0 spiro atoms. The van der Waals surface area contributed by atoms with Gasteiger partial charge in [-0.1, -0.05) is 206 Å². The van der Waals surface area contributed by atoms with Crippen LogP contribution < -0.4 is 4.90 Å². The molecule has 12 rings (SSSR count). The fourth-order valence-electron chi connectivity index (χ4n) is 9.69. The van der Waals surface area contributed by atoms with Crippen molar-refractivity contribution >= 4 is 65.9 Å². The molecule has 0 amide bonds. The number of fused-ring (bicyclic) bond motifs is 9. The number of benzene rings is 10. The lowest BCUT2D eigenvalue weighted by Crippen LogP contribution is -2.10. The van der Waals surface area contributed by atoms with Gasteiger partial charge >= 0.3 is 0 Å². The monoisotopic (exact) mass is 788 g/mol. The normalized spacial score (nSPS) is 11.5. The van der Waals surface area contributed by atoms with E-state index in [1.165, 1.54) is 93.4 Å². The first-order chi connectivity index (χ1) is 30.8. The van der Waals surface area contributed by atoms with Gasteiger partial charge in [-0.3, -0.25) is 0 Å². The van der Waals surface area contributed by atoms with Crippen molar-refractivity contribution in [1.29, 1.82) is 0 Å². The third-order valence-electron chi connectivity index (χ3n) is 12.6. The van der Waals surface area contributed by atoms with Gasteiger partial charge < -0.3 is 9.30 Å². The molecule has 0 atom stereocenters. The molecule has 0 aliphatic rings. The number of nitrogens with zero attached hydrogens (tertiary/aromatic N) is 2. The maximum atomic E-state index is 2.52. The van der Waals surface area contributed by atoms with Crippen molar-refractivity contribution in [3.63, 3.8) is 0 Å². The zero-order chi connectivity index (χ0) is 41.0. The van der Waals surface area contributed by atoms with E-state index in [0.717, 1.165) is 17.1 Å². The Kier molecular flexibility index (Phi) is 8.53. The van der Waals surface area contributed by atoms with Crippen molar-refractivity contribution in [2.75, 3.05) is 4.90 Å². The van der Waals surface area contributed by atoms with Crippen LogP contribution in [0, 0.1) is 0 Å². The fourth-order valence-corrected chi connectivity index (χ4v) is 9.69. The van der Waals surface area contributed by atoms with E-state index >= 15 is 0 Å².